The largest absolute Gasteiger partial charge is 0.387 e. The van der Waals surface area contributed by atoms with Crippen molar-refractivity contribution < 1.29 is 5.11 Å². The van der Waals surface area contributed by atoms with E-state index in [4.69, 9.17) is 6.42 Å². The van der Waals surface area contributed by atoms with Crippen molar-refractivity contribution in [2.45, 2.75) is 25.9 Å². The van der Waals surface area contributed by atoms with Crippen LogP contribution in [0.15, 0.2) is 0 Å². The Kier molecular flexibility index (Phi) is 2.76. The molecule has 1 saturated heterocycles. The van der Waals surface area contributed by atoms with Gasteiger partial charge in [0.2, 0.25) is 0 Å². The SMILES string of the molecule is C#CCCN1CC(O)(C(C)C)C1. The van der Waals surface area contributed by atoms with Crippen LogP contribution >= 0.6 is 0 Å². The maximum Gasteiger partial charge on any atom is 0.0922 e. The van der Waals surface area contributed by atoms with Gasteiger partial charge in [-0.3, -0.25) is 4.90 Å². The van der Waals surface area contributed by atoms with Gasteiger partial charge in [0.1, 0.15) is 0 Å². The van der Waals surface area contributed by atoms with Crippen molar-refractivity contribution in [3.05, 3.63) is 0 Å². The molecular weight excluding hydrogens is 150 g/mol. The molecule has 1 heterocycles. The Labute approximate surface area is 74.6 Å². The molecule has 68 valence electrons. The zero-order chi connectivity index (χ0) is 9.19. The molecule has 0 saturated carbocycles. The van der Waals surface area contributed by atoms with Crippen molar-refractivity contribution in [1.29, 1.82) is 0 Å². The fourth-order valence-electron chi connectivity index (χ4n) is 1.47. The lowest BCUT2D eigenvalue weighted by Gasteiger charge is -2.49. The Morgan fingerprint density at radius 2 is 2.17 bits per heavy atom. The summed E-state index contributed by atoms with van der Waals surface area (Å²) >= 11 is 0. The van der Waals surface area contributed by atoms with Gasteiger partial charge < -0.3 is 5.11 Å². The second-order valence-electron chi connectivity index (χ2n) is 3.92. The monoisotopic (exact) mass is 167 g/mol. The zero-order valence-electron chi connectivity index (χ0n) is 7.88. The topological polar surface area (TPSA) is 23.5 Å². The Balaban J connectivity index is 2.23. The van der Waals surface area contributed by atoms with Gasteiger partial charge in [-0.15, -0.1) is 12.3 Å². The number of β-amino-alcohol motifs (C(OH)–C–C–N with tert-alkyl or cyclic N) is 1. The highest BCUT2D eigenvalue weighted by molar-refractivity contribution is 4.98. The first-order valence-corrected chi connectivity index (χ1v) is 4.47. The van der Waals surface area contributed by atoms with E-state index in [1.54, 1.807) is 0 Å². The van der Waals surface area contributed by atoms with E-state index in [1.165, 1.54) is 0 Å². The number of likely N-dealkylation sites (tertiary alicyclic amines) is 1. The smallest absolute Gasteiger partial charge is 0.0922 e. The van der Waals surface area contributed by atoms with Crippen LogP contribution in [-0.4, -0.2) is 35.2 Å². The molecule has 2 heteroatoms. The van der Waals surface area contributed by atoms with Gasteiger partial charge >= 0.3 is 0 Å². The van der Waals surface area contributed by atoms with Gasteiger partial charge in [0.15, 0.2) is 0 Å². The molecule has 0 aromatic heterocycles. The van der Waals surface area contributed by atoms with Crippen LogP contribution in [0.1, 0.15) is 20.3 Å². The summed E-state index contributed by atoms with van der Waals surface area (Å²) in [4.78, 5) is 2.19. The first-order valence-electron chi connectivity index (χ1n) is 4.47. The predicted molar refractivity (Wildman–Crippen MR) is 49.7 cm³/mol. The Hall–Kier alpha value is -0.520. The molecule has 0 radical (unpaired) electrons. The Bertz CT molecular complexity index is 187. The number of hydrogen-bond donors (Lipinski definition) is 1. The second-order valence-corrected chi connectivity index (χ2v) is 3.92. The lowest BCUT2D eigenvalue weighted by atomic mass is 9.83. The molecule has 0 aromatic carbocycles. The van der Waals surface area contributed by atoms with Crippen molar-refractivity contribution in [2.75, 3.05) is 19.6 Å². The van der Waals surface area contributed by atoms with Gasteiger partial charge in [-0.2, -0.15) is 0 Å². The summed E-state index contributed by atoms with van der Waals surface area (Å²) in [5, 5.41) is 9.86. The van der Waals surface area contributed by atoms with Gasteiger partial charge in [-0.05, 0) is 5.92 Å². The van der Waals surface area contributed by atoms with Crippen LogP contribution in [0.3, 0.4) is 0 Å². The van der Waals surface area contributed by atoms with Gasteiger partial charge in [-0.25, -0.2) is 0 Å². The third-order valence-corrected chi connectivity index (χ3v) is 2.64. The fraction of sp³-hybridized carbons (Fsp3) is 0.800. The van der Waals surface area contributed by atoms with Crippen LogP contribution < -0.4 is 0 Å². The summed E-state index contributed by atoms with van der Waals surface area (Å²) in [7, 11) is 0. The molecule has 1 rings (SSSR count). The molecule has 0 amide bonds. The summed E-state index contributed by atoms with van der Waals surface area (Å²) < 4.78 is 0. The fourth-order valence-corrected chi connectivity index (χ4v) is 1.47. The quantitative estimate of drug-likeness (QED) is 0.626. The predicted octanol–water partition coefficient (Wildman–Crippen LogP) is 0.712. The third kappa shape index (κ3) is 1.80. The highest BCUT2D eigenvalue weighted by Crippen LogP contribution is 2.28. The molecule has 0 aliphatic carbocycles. The van der Waals surface area contributed by atoms with Crippen LogP contribution in [0, 0.1) is 18.3 Å². The molecule has 12 heavy (non-hydrogen) atoms. The number of nitrogens with zero attached hydrogens (tertiary/aromatic N) is 1. The summed E-state index contributed by atoms with van der Waals surface area (Å²) in [5.74, 6) is 2.95. The minimum Gasteiger partial charge on any atom is -0.387 e. The van der Waals surface area contributed by atoms with Crippen LogP contribution in [0.2, 0.25) is 0 Å². The van der Waals surface area contributed by atoms with Crippen LogP contribution in [0.25, 0.3) is 0 Å². The molecule has 1 aliphatic heterocycles. The third-order valence-electron chi connectivity index (χ3n) is 2.64. The lowest BCUT2D eigenvalue weighted by molar-refractivity contribution is -0.126. The van der Waals surface area contributed by atoms with Gasteiger partial charge in [0.25, 0.3) is 0 Å². The Morgan fingerprint density at radius 3 is 2.58 bits per heavy atom. The molecule has 1 aliphatic rings. The van der Waals surface area contributed by atoms with Crippen LogP contribution in [0.4, 0.5) is 0 Å². The van der Waals surface area contributed by atoms with E-state index in [0.717, 1.165) is 26.1 Å². The summed E-state index contributed by atoms with van der Waals surface area (Å²) in [6.07, 6.45) is 5.93. The number of aliphatic hydroxyl groups is 1. The van der Waals surface area contributed by atoms with Crippen molar-refractivity contribution >= 4 is 0 Å². The van der Waals surface area contributed by atoms with Crippen LogP contribution in [0.5, 0.6) is 0 Å². The van der Waals surface area contributed by atoms with E-state index in [9.17, 15) is 5.11 Å². The summed E-state index contributed by atoms with van der Waals surface area (Å²) in [6.45, 7) is 6.60. The normalized spacial score (nSPS) is 21.9. The van der Waals surface area contributed by atoms with Crippen LogP contribution in [-0.2, 0) is 0 Å². The van der Waals surface area contributed by atoms with Gasteiger partial charge in [0.05, 0.1) is 5.60 Å². The molecule has 0 unspecified atom stereocenters. The highest BCUT2D eigenvalue weighted by atomic mass is 16.3. The average molecular weight is 167 g/mol. The van der Waals surface area contributed by atoms with E-state index in [0.29, 0.717) is 5.92 Å². The van der Waals surface area contributed by atoms with Crippen molar-refractivity contribution in [3.63, 3.8) is 0 Å². The van der Waals surface area contributed by atoms with Crippen molar-refractivity contribution in [3.8, 4) is 12.3 Å². The minimum atomic E-state index is -0.450. The van der Waals surface area contributed by atoms with Crippen molar-refractivity contribution in [1.82, 2.24) is 4.90 Å². The van der Waals surface area contributed by atoms with Gasteiger partial charge in [0, 0.05) is 26.1 Å². The van der Waals surface area contributed by atoms with Crippen molar-refractivity contribution in [2.24, 2.45) is 5.92 Å². The standard InChI is InChI=1S/C10H17NO/c1-4-5-6-11-7-10(12,8-11)9(2)3/h1,9,12H,5-8H2,2-3H3. The molecule has 0 spiro atoms. The molecule has 0 aromatic rings. The van der Waals surface area contributed by atoms with E-state index in [2.05, 4.69) is 24.7 Å². The Morgan fingerprint density at radius 1 is 1.58 bits per heavy atom. The summed E-state index contributed by atoms with van der Waals surface area (Å²) in [5.41, 5.74) is -0.450. The molecule has 1 fully saturated rings. The van der Waals surface area contributed by atoms with Gasteiger partial charge in [-0.1, -0.05) is 13.8 Å². The molecular formula is C10H17NO. The molecule has 2 nitrogen and oxygen atoms in total. The first kappa shape index (κ1) is 9.57. The molecule has 0 bridgehead atoms. The minimum absolute atomic E-state index is 0.347. The van der Waals surface area contributed by atoms with E-state index in [1.807, 2.05) is 0 Å². The van der Waals surface area contributed by atoms with E-state index < -0.39 is 5.60 Å². The summed E-state index contributed by atoms with van der Waals surface area (Å²) in [6, 6.07) is 0. The first-order chi connectivity index (χ1) is 5.58. The maximum absolute atomic E-state index is 9.86. The maximum atomic E-state index is 9.86. The zero-order valence-corrected chi connectivity index (χ0v) is 7.88. The number of terminal acetylenes is 1. The average Bonchev–Trinajstić information content (AvgIpc) is 1.95. The van der Waals surface area contributed by atoms with E-state index >= 15 is 0 Å². The highest BCUT2D eigenvalue weighted by Gasteiger charge is 2.42. The molecule has 0 atom stereocenters. The lowest BCUT2D eigenvalue weighted by Crippen LogP contribution is -2.64. The second kappa shape index (κ2) is 3.47. The van der Waals surface area contributed by atoms with E-state index in [-0.39, 0.29) is 0 Å². The number of rotatable bonds is 3. The number of hydrogen-bond acceptors (Lipinski definition) is 2. The molecule has 1 N–H and O–H groups in total.